The number of carbonyl (C=O) groups is 3. The van der Waals surface area contributed by atoms with E-state index in [1.54, 1.807) is 37.4 Å². The van der Waals surface area contributed by atoms with Crippen LogP contribution >= 0.6 is 11.8 Å². The second-order valence-corrected chi connectivity index (χ2v) is 7.34. The number of nitrogens with one attached hydrogen (secondary N) is 1. The molecule has 1 aliphatic rings. The summed E-state index contributed by atoms with van der Waals surface area (Å²) in [5.74, 6) is -1.77. The summed E-state index contributed by atoms with van der Waals surface area (Å²) >= 11 is 1.12. The van der Waals surface area contributed by atoms with Crippen LogP contribution in [0.4, 0.5) is 15.8 Å². The first kappa shape index (κ1) is 20.5. The van der Waals surface area contributed by atoms with Gasteiger partial charge in [-0.05, 0) is 36.4 Å². The maximum Gasteiger partial charge on any atom is 0.337 e. The molecule has 1 fully saturated rings. The van der Waals surface area contributed by atoms with Crippen molar-refractivity contribution in [3.05, 3.63) is 59.9 Å². The van der Waals surface area contributed by atoms with Crippen LogP contribution in [0.15, 0.2) is 53.5 Å². The number of methoxy groups -OCH3 is 1. The molecule has 1 N–H and O–H groups in total. The fourth-order valence-corrected chi connectivity index (χ4v) is 3.64. The molecule has 9 heteroatoms. The monoisotopic (exact) mass is 415 g/mol. The number of thioether (sulfide) groups is 1. The van der Waals surface area contributed by atoms with E-state index in [4.69, 9.17) is 0 Å². The van der Waals surface area contributed by atoms with Crippen LogP contribution in [0.25, 0.3) is 0 Å². The van der Waals surface area contributed by atoms with Crippen molar-refractivity contribution in [1.29, 1.82) is 0 Å². The fourth-order valence-electron chi connectivity index (χ4n) is 2.57. The first-order chi connectivity index (χ1) is 13.9. The van der Waals surface area contributed by atoms with Crippen molar-refractivity contribution < 1.29 is 23.5 Å². The lowest BCUT2D eigenvalue weighted by atomic mass is 10.2. The molecule has 0 bridgehead atoms. The number of carbonyl (C=O) groups excluding carboxylic acids is 3. The molecule has 3 rings (SSSR count). The zero-order valence-electron chi connectivity index (χ0n) is 15.7. The SMILES string of the molecule is COC(=O)c1ccc(N=C2S[C@@H](C(=O)Nc3ccccc3F)CC(=O)N2C)cc1. The van der Waals surface area contributed by atoms with E-state index in [0.29, 0.717) is 16.4 Å². The van der Waals surface area contributed by atoms with Crippen LogP contribution in [-0.2, 0) is 14.3 Å². The molecule has 2 aromatic carbocycles. The number of esters is 1. The zero-order chi connectivity index (χ0) is 21.0. The highest BCUT2D eigenvalue weighted by Crippen LogP contribution is 2.29. The van der Waals surface area contributed by atoms with E-state index in [2.05, 4.69) is 15.0 Å². The third kappa shape index (κ3) is 4.80. The van der Waals surface area contributed by atoms with Gasteiger partial charge in [0.05, 0.1) is 24.0 Å². The Labute approximate surface area is 170 Å². The summed E-state index contributed by atoms with van der Waals surface area (Å²) in [5, 5.41) is 2.10. The minimum atomic E-state index is -0.744. The minimum Gasteiger partial charge on any atom is -0.465 e. The summed E-state index contributed by atoms with van der Waals surface area (Å²) in [6.45, 7) is 0. The van der Waals surface area contributed by atoms with Crippen LogP contribution in [0.2, 0.25) is 0 Å². The molecule has 0 spiro atoms. The number of rotatable bonds is 4. The van der Waals surface area contributed by atoms with Crippen LogP contribution < -0.4 is 5.32 Å². The van der Waals surface area contributed by atoms with Gasteiger partial charge in [-0.1, -0.05) is 23.9 Å². The highest BCUT2D eigenvalue weighted by atomic mass is 32.2. The molecule has 1 saturated heterocycles. The van der Waals surface area contributed by atoms with Crippen molar-refractivity contribution in [3.63, 3.8) is 0 Å². The highest BCUT2D eigenvalue weighted by molar-refractivity contribution is 8.15. The fraction of sp³-hybridized carbons (Fsp3) is 0.200. The number of aliphatic imine (C=N–C) groups is 1. The summed E-state index contributed by atoms with van der Waals surface area (Å²) in [5.41, 5.74) is 0.940. The van der Waals surface area contributed by atoms with Crippen LogP contribution in [0, 0.1) is 5.82 Å². The van der Waals surface area contributed by atoms with E-state index in [0.717, 1.165) is 11.8 Å². The normalized spacial score (nSPS) is 17.9. The molecule has 7 nitrogen and oxygen atoms in total. The number of hydrogen-bond acceptors (Lipinski definition) is 6. The number of nitrogens with zero attached hydrogens (tertiary/aromatic N) is 2. The van der Waals surface area contributed by atoms with Crippen LogP contribution in [-0.4, -0.2) is 47.3 Å². The summed E-state index contributed by atoms with van der Waals surface area (Å²) in [6.07, 6.45) is -0.0260. The van der Waals surface area contributed by atoms with Gasteiger partial charge in [0.15, 0.2) is 5.17 Å². The van der Waals surface area contributed by atoms with Gasteiger partial charge in [-0.25, -0.2) is 14.2 Å². The standard InChI is InChI=1S/C20H18FN3O4S/c1-24-17(25)11-16(18(26)23-15-6-4-3-5-14(15)21)29-20(24)22-13-9-7-12(8-10-13)19(27)28-2/h3-10,16H,11H2,1-2H3,(H,23,26)/t16-/m1/s1. The van der Waals surface area contributed by atoms with E-state index in [-0.39, 0.29) is 18.0 Å². The number of para-hydroxylation sites is 1. The molecule has 0 aromatic heterocycles. The second-order valence-electron chi connectivity index (χ2n) is 6.17. The Balaban J connectivity index is 1.77. The van der Waals surface area contributed by atoms with Gasteiger partial charge in [-0.2, -0.15) is 0 Å². The molecule has 150 valence electrons. The Morgan fingerprint density at radius 3 is 2.55 bits per heavy atom. The van der Waals surface area contributed by atoms with Gasteiger partial charge < -0.3 is 10.1 Å². The number of amidine groups is 1. The highest BCUT2D eigenvalue weighted by Gasteiger charge is 2.34. The summed E-state index contributed by atoms with van der Waals surface area (Å²) in [6, 6.07) is 12.2. The van der Waals surface area contributed by atoms with Gasteiger partial charge in [0.2, 0.25) is 11.8 Å². The maximum atomic E-state index is 13.8. The molecule has 0 radical (unpaired) electrons. The van der Waals surface area contributed by atoms with E-state index in [1.807, 2.05) is 0 Å². The van der Waals surface area contributed by atoms with Gasteiger partial charge in [-0.15, -0.1) is 0 Å². The average molecular weight is 415 g/mol. The van der Waals surface area contributed by atoms with Gasteiger partial charge >= 0.3 is 5.97 Å². The number of anilines is 1. The lowest BCUT2D eigenvalue weighted by Gasteiger charge is -2.28. The second kappa shape index (κ2) is 8.87. The number of hydrogen-bond donors (Lipinski definition) is 1. The topological polar surface area (TPSA) is 88.1 Å². The Kier molecular flexibility index (Phi) is 6.28. The maximum absolute atomic E-state index is 13.8. The lowest BCUT2D eigenvalue weighted by molar-refractivity contribution is -0.128. The molecule has 0 aliphatic carbocycles. The summed E-state index contributed by atoms with van der Waals surface area (Å²) in [4.78, 5) is 42.2. The largest absolute Gasteiger partial charge is 0.465 e. The van der Waals surface area contributed by atoms with E-state index >= 15 is 0 Å². The van der Waals surface area contributed by atoms with Crippen molar-refractivity contribution in [2.75, 3.05) is 19.5 Å². The quantitative estimate of drug-likeness (QED) is 0.775. The van der Waals surface area contributed by atoms with E-state index in [1.165, 1.54) is 30.2 Å². The Morgan fingerprint density at radius 1 is 1.21 bits per heavy atom. The third-order valence-electron chi connectivity index (χ3n) is 4.21. The van der Waals surface area contributed by atoms with Crippen LogP contribution in [0.3, 0.4) is 0 Å². The van der Waals surface area contributed by atoms with Crippen molar-refractivity contribution in [2.24, 2.45) is 4.99 Å². The number of benzene rings is 2. The summed E-state index contributed by atoms with van der Waals surface area (Å²) in [7, 11) is 2.87. The number of halogens is 1. The smallest absolute Gasteiger partial charge is 0.337 e. The van der Waals surface area contributed by atoms with Gasteiger partial charge in [0, 0.05) is 13.5 Å². The number of amides is 2. The Hall–Kier alpha value is -3.20. The van der Waals surface area contributed by atoms with E-state index in [9.17, 15) is 18.8 Å². The zero-order valence-corrected chi connectivity index (χ0v) is 16.5. The van der Waals surface area contributed by atoms with Crippen LogP contribution in [0.5, 0.6) is 0 Å². The van der Waals surface area contributed by atoms with Gasteiger partial charge in [-0.3, -0.25) is 14.5 Å². The molecule has 1 heterocycles. The minimum absolute atomic E-state index is 0.0260. The van der Waals surface area contributed by atoms with Gasteiger partial charge in [0.1, 0.15) is 11.1 Å². The van der Waals surface area contributed by atoms with Crippen molar-refractivity contribution in [1.82, 2.24) is 4.90 Å². The molecule has 29 heavy (non-hydrogen) atoms. The third-order valence-corrected chi connectivity index (χ3v) is 5.45. The molecular formula is C20H18FN3O4S. The number of ether oxygens (including phenoxy) is 1. The van der Waals surface area contributed by atoms with Gasteiger partial charge in [0.25, 0.3) is 0 Å². The van der Waals surface area contributed by atoms with Crippen molar-refractivity contribution in [2.45, 2.75) is 11.7 Å². The molecular weight excluding hydrogens is 397 g/mol. The summed E-state index contributed by atoms with van der Waals surface area (Å²) < 4.78 is 18.4. The molecule has 2 aromatic rings. The first-order valence-corrected chi connectivity index (χ1v) is 9.52. The Bertz CT molecular complexity index is 978. The molecule has 1 atom stereocenters. The predicted octanol–water partition coefficient (Wildman–Crippen LogP) is 3.20. The molecule has 0 unspecified atom stereocenters. The molecule has 1 aliphatic heterocycles. The van der Waals surface area contributed by atoms with Crippen molar-refractivity contribution >= 4 is 46.1 Å². The lowest BCUT2D eigenvalue weighted by Crippen LogP contribution is -2.43. The molecule has 0 saturated carbocycles. The average Bonchev–Trinajstić information content (AvgIpc) is 2.72. The molecule has 2 amide bonds. The van der Waals surface area contributed by atoms with E-state index < -0.39 is 22.9 Å². The predicted molar refractivity (Wildman–Crippen MR) is 109 cm³/mol. The Morgan fingerprint density at radius 2 is 1.90 bits per heavy atom. The van der Waals surface area contributed by atoms with Crippen LogP contribution in [0.1, 0.15) is 16.8 Å². The van der Waals surface area contributed by atoms with Crippen molar-refractivity contribution in [3.8, 4) is 0 Å². The first-order valence-electron chi connectivity index (χ1n) is 8.64.